The summed E-state index contributed by atoms with van der Waals surface area (Å²) in [6.45, 7) is 5.03. The molecule has 17 heavy (non-hydrogen) atoms. The van der Waals surface area contributed by atoms with Crippen molar-refractivity contribution in [3.63, 3.8) is 0 Å². The van der Waals surface area contributed by atoms with Crippen LogP contribution in [-0.4, -0.2) is 18.2 Å². The zero-order valence-corrected chi connectivity index (χ0v) is 11.0. The molecule has 1 aromatic rings. The van der Waals surface area contributed by atoms with Crippen molar-refractivity contribution in [2.45, 2.75) is 24.7 Å². The highest BCUT2D eigenvalue weighted by atomic mass is 32.2. The van der Waals surface area contributed by atoms with E-state index in [0.717, 1.165) is 10.6 Å². The fourth-order valence-corrected chi connectivity index (χ4v) is 2.97. The van der Waals surface area contributed by atoms with E-state index in [9.17, 15) is 4.79 Å². The second-order valence-corrected chi connectivity index (χ2v) is 5.70. The molecule has 1 amide bonds. The highest BCUT2D eigenvalue weighted by Crippen LogP contribution is 2.35. The molecule has 1 atom stereocenters. The van der Waals surface area contributed by atoms with E-state index in [0.29, 0.717) is 24.1 Å². The van der Waals surface area contributed by atoms with Gasteiger partial charge >= 0.3 is 0 Å². The molecule has 1 unspecified atom stereocenters. The van der Waals surface area contributed by atoms with Crippen LogP contribution in [0.25, 0.3) is 0 Å². The van der Waals surface area contributed by atoms with Crippen LogP contribution in [0.1, 0.15) is 25.3 Å². The molecule has 0 spiro atoms. The number of thioether (sulfide) groups is 1. The van der Waals surface area contributed by atoms with Gasteiger partial charge in [-0.25, -0.2) is 0 Å². The monoisotopic (exact) mass is 250 g/mol. The van der Waals surface area contributed by atoms with E-state index in [1.807, 2.05) is 6.07 Å². The van der Waals surface area contributed by atoms with Crippen molar-refractivity contribution in [1.82, 2.24) is 0 Å². The Kier molecular flexibility index (Phi) is 3.74. The first kappa shape index (κ1) is 12.5. The van der Waals surface area contributed by atoms with Crippen LogP contribution in [0.3, 0.4) is 0 Å². The van der Waals surface area contributed by atoms with Gasteiger partial charge in [-0.05, 0) is 36.1 Å². The van der Waals surface area contributed by atoms with Crippen LogP contribution in [0.2, 0.25) is 0 Å². The number of nitrogens with one attached hydrogen (secondary N) is 1. The van der Waals surface area contributed by atoms with Crippen molar-refractivity contribution in [2.75, 3.05) is 17.6 Å². The van der Waals surface area contributed by atoms with E-state index < -0.39 is 0 Å². The predicted molar refractivity (Wildman–Crippen MR) is 72.4 cm³/mol. The fourth-order valence-electron chi connectivity index (χ4n) is 2.11. The third-order valence-corrected chi connectivity index (χ3v) is 4.18. The van der Waals surface area contributed by atoms with Crippen LogP contribution < -0.4 is 11.1 Å². The molecule has 3 nitrogen and oxygen atoms in total. The summed E-state index contributed by atoms with van der Waals surface area (Å²) in [6.07, 6.45) is 0. The molecule has 1 aliphatic heterocycles. The first-order valence-electron chi connectivity index (χ1n) is 5.88. The molecule has 1 aromatic carbocycles. The zero-order valence-electron chi connectivity index (χ0n) is 10.2. The lowest BCUT2D eigenvalue weighted by molar-refractivity contribution is -0.113. The SMILES string of the molecule is CC(C)C(CN)c1ccc2c(c1)SCC(=O)N2. The summed E-state index contributed by atoms with van der Waals surface area (Å²) in [7, 11) is 0. The van der Waals surface area contributed by atoms with Gasteiger partial charge in [-0.2, -0.15) is 0 Å². The Balaban J connectivity index is 2.30. The lowest BCUT2D eigenvalue weighted by atomic mass is 9.88. The topological polar surface area (TPSA) is 55.1 Å². The fraction of sp³-hybridized carbons (Fsp3) is 0.462. The van der Waals surface area contributed by atoms with Crippen LogP contribution in [0.4, 0.5) is 5.69 Å². The number of hydrogen-bond acceptors (Lipinski definition) is 3. The average molecular weight is 250 g/mol. The van der Waals surface area contributed by atoms with Crippen molar-refractivity contribution in [3.05, 3.63) is 23.8 Å². The van der Waals surface area contributed by atoms with Crippen molar-refractivity contribution in [2.24, 2.45) is 11.7 Å². The maximum Gasteiger partial charge on any atom is 0.234 e. The number of anilines is 1. The smallest absolute Gasteiger partial charge is 0.234 e. The van der Waals surface area contributed by atoms with Crippen LogP contribution in [0.5, 0.6) is 0 Å². The standard InChI is InChI=1S/C13H18N2OS/c1-8(2)10(6-14)9-3-4-11-12(5-9)17-7-13(16)15-11/h3-5,8,10H,6-7,14H2,1-2H3,(H,15,16). The van der Waals surface area contributed by atoms with Gasteiger partial charge in [-0.15, -0.1) is 11.8 Å². The minimum absolute atomic E-state index is 0.0782. The summed E-state index contributed by atoms with van der Waals surface area (Å²) >= 11 is 1.60. The van der Waals surface area contributed by atoms with Crippen LogP contribution in [0.15, 0.2) is 23.1 Å². The molecule has 3 N–H and O–H groups in total. The highest BCUT2D eigenvalue weighted by molar-refractivity contribution is 8.00. The molecule has 0 aromatic heterocycles. The third kappa shape index (κ3) is 2.64. The van der Waals surface area contributed by atoms with Gasteiger partial charge in [-0.1, -0.05) is 19.9 Å². The summed E-state index contributed by atoms with van der Waals surface area (Å²) in [5.74, 6) is 1.50. The molecule has 1 heterocycles. The number of carbonyl (C=O) groups excluding carboxylic acids is 1. The van der Waals surface area contributed by atoms with E-state index >= 15 is 0 Å². The van der Waals surface area contributed by atoms with Gasteiger partial charge in [0.2, 0.25) is 5.91 Å². The molecule has 0 radical (unpaired) electrons. The van der Waals surface area contributed by atoms with Gasteiger partial charge < -0.3 is 11.1 Å². The van der Waals surface area contributed by atoms with E-state index in [1.54, 1.807) is 11.8 Å². The largest absolute Gasteiger partial charge is 0.330 e. The number of hydrogen-bond donors (Lipinski definition) is 2. The normalized spacial score (nSPS) is 16.6. The number of amides is 1. The quantitative estimate of drug-likeness (QED) is 0.866. The average Bonchev–Trinajstić information content (AvgIpc) is 2.29. The van der Waals surface area contributed by atoms with E-state index in [2.05, 4.69) is 31.3 Å². The highest BCUT2D eigenvalue weighted by Gasteiger charge is 2.19. The lowest BCUT2D eigenvalue weighted by Gasteiger charge is -2.22. The Bertz CT molecular complexity index is 431. The van der Waals surface area contributed by atoms with Crippen LogP contribution in [-0.2, 0) is 4.79 Å². The van der Waals surface area contributed by atoms with Crippen molar-refractivity contribution in [1.29, 1.82) is 0 Å². The molecule has 0 fully saturated rings. The Morgan fingerprint density at radius 1 is 1.47 bits per heavy atom. The maximum atomic E-state index is 11.3. The molecule has 92 valence electrons. The van der Waals surface area contributed by atoms with Gasteiger partial charge in [0, 0.05) is 4.90 Å². The maximum absolute atomic E-state index is 11.3. The number of fused-ring (bicyclic) bond motifs is 1. The molecule has 0 saturated carbocycles. The van der Waals surface area contributed by atoms with Gasteiger partial charge in [0.05, 0.1) is 11.4 Å². The van der Waals surface area contributed by atoms with Crippen LogP contribution in [0, 0.1) is 5.92 Å². The molecule has 1 aliphatic rings. The molecule has 2 rings (SSSR count). The van der Waals surface area contributed by atoms with E-state index in [1.165, 1.54) is 5.56 Å². The lowest BCUT2D eigenvalue weighted by Crippen LogP contribution is -2.20. The molecular formula is C13H18N2OS. The first-order valence-corrected chi connectivity index (χ1v) is 6.87. The second kappa shape index (κ2) is 5.10. The van der Waals surface area contributed by atoms with Crippen molar-refractivity contribution >= 4 is 23.4 Å². The Morgan fingerprint density at radius 2 is 2.24 bits per heavy atom. The van der Waals surface area contributed by atoms with Crippen molar-refractivity contribution < 1.29 is 4.79 Å². The first-order chi connectivity index (χ1) is 8.11. The summed E-state index contributed by atoms with van der Waals surface area (Å²) in [4.78, 5) is 12.4. The summed E-state index contributed by atoms with van der Waals surface area (Å²) in [6, 6.07) is 6.22. The predicted octanol–water partition coefficient (Wildman–Crippen LogP) is 2.43. The molecule has 0 saturated heterocycles. The van der Waals surface area contributed by atoms with Gasteiger partial charge in [0.25, 0.3) is 0 Å². The summed E-state index contributed by atoms with van der Waals surface area (Å²) in [5, 5.41) is 2.88. The molecule has 0 bridgehead atoms. The second-order valence-electron chi connectivity index (χ2n) is 4.68. The van der Waals surface area contributed by atoms with Crippen LogP contribution >= 0.6 is 11.8 Å². The van der Waals surface area contributed by atoms with E-state index in [-0.39, 0.29) is 5.91 Å². The minimum Gasteiger partial charge on any atom is -0.330 e. The minimum atomic E-state index is 0.0782. The Morgan fingerprint density at radius 3 is 2.88 bits per heavy atom. The number of benzene rings is 1. The van der Waals surface area contributed by atoms with Gasteiger partial charge in [-0.3, -0.25) is 4.79 Å². The Hall–Kier alpha value is -1.00. The molecule has 0 aliphatic carbocycles. The van der Waals surface area contributed by atoms with Gasteiger partial charge in [0.15, 0.2) is 0 Å². The van der Waals surface area contributed by atoms with E-state index in [4.69, 9.17) is 5.73 Å². The molecular weight excluding hydrogens is 232 g/mol. The summed E-state index contributed by atoms with van der Waals surface area (Å²) in [5.41, 5.74) is 8.02. The molecule has 4 heteroatoms. The number of nitrogens with two attached hydrogens (primary N) is 1. The number of rotatable bonds is 3. The van der Waals surface area contributed by atoms with Gasteiger partial charge in [0.1, 0.15) is 0 Å². The third-order valence-electron chi connectivity index (χ3n) is 3.13. The number of carbonyl (C=O) groups is 1. The Labute approximate surface area is 106 Å². The van der Waals surface area contributed by atoms with Crippen molar-refractivity contribution in [3.8, 4) is 0 Å². The summed E-state index contributed by atoms with van der Waals surface area (Å²) < 4.78 is 0. The zero-order chi connectivity index (χ0) is 12.4.